The molecule has 0 spiro atoms. The first-order valence-corrected chi connectivity index (χ1v) is 11.2. The Hall–Kier alpha value is -3.16. The van der Waals surface area contributed by atoms with E-state index in [0.29, 0.717) is 11.4 Å². The van der Waals surface area contributed by atoms with Crippen LogP contribution in [-0.4, -0.2) is 42.5 Å². The lowest BCUT2D eigenvalue weighted by Gasteiger charge is -2.38. The van der Waals surface area contributed by atoms with Crippen molar-refractivity contribution in [3.63, 3.8) is 0 Å². The molecule has 0 saturated carbocycles. The van der Waals surface area contributed by atoms with Gasteiger partial charge in [0, 0.05) is 11.4 Å². The molecule has 0 fully saturated rings. The second kappa shape index (κ2) is 8.17. The topological polar surface area (TPSA) is 75.9 Å². The van der Waals surface area contributed by atoms with Gasteiger partial charge in [-0.2, -0.15) is 0 Å². The summed E-state index contributed by atoms with van der Waals surface area (Å²) >= 11 is 1.78. The van der Waals surface area contributed by atoms with Crippen LogP contribution >= 0.6 is 11.3 Å². The quantitative estimate of drug-likeness (QED) is 0.686. The van der Waals surface area contributed by atoms with Crippen LogP contribution in [0.5, 0.6) is 5.75 Å². The summed E-state index contributed by atoms with van der Waals surface area (Å²) in [5.41, 5.74) is 8.62. The Morgan fingerprint density at radius 3 is 2.65 bits per heavy atom. The molecule has 3 aromatic rings. The van der Waals surface area contributed by atoms with E-state index in [-0.39, 0.29) is 25.0 Å². The predicted octanol–water partition coefficient (Wildman–Crippen LogP) is 2.98. The Morgan fingerprint density at radius 1 is 1.06 bits per heavy atom. The lowest BCUT2D eigenvalue weighted by atomic mass is 9.93. The second-order valence-electron chi connectivity index (χ2n) is 7.81. The van der Waals surface area contributed by atoms with Crippen molar-refractivity contribution in [1.82, 2.24) is 4.90 Å². The van der Waals surface area contributed by atoms with Crippen LogP contribution in [0, 0.1) is 0 Å². The molecule has 1 aromatic heterocycles. The number of amides is 2. The van der Waals surface area contributed by atoms with E-state index in [1.54, 1.807) is 22.3 Å². The Kier molecular flexibility index (Phi) is 5.21. The molecule has 2 amide bonds. The van der Waals surface area contributed by atoms with Crippen LogP contribution in [-0.2, 0) is 16.0 Å². The smallest absolute Gasteiger partial charge is 0.260 e. The number of benzene rings is 2. The highest BCUT2D eigenvalue weighted by atomic mass is 32.1. The molecule has 2 aromatic carbocycles. The third kappa shape index (κ3) is 3.71. The number of hydrogen-bond acceptors (Lipinski definition) is 5. The van der Waals surface area contributed by atoms with Gasteiger partial charge in [0.25, 0.3) is 5.91 Å². The van der Waals surface area contributed by atoms with Crippen LogP contribution in [0.4, 0.5) is 5.69 Å². The number of thiophene rings is 1. The zero-order chi connectivity index (χ0) is 21.4. The number of anilines is 1. The monoisotopic (exact) mass is 433 g/mol. The van der Waals surface area contributed by atoms with Crippen LogP contribution < -0.4 is 15.4 Å². The first-order valence-electron chi connectivity index (χ1n) is 10.3. The number of carbonyl (C=O) groups is 2. The van der Waals surface area contributed by atoms with E-state index in [9.17, 15) is 9.59 Å². The molecular weight excluding hydrogens is 410 g/mol. The highest BCUT2D eigenvalue weighted by Crippen LogP contribution is 2.38. The van der Waals surface area contributed by atoms with Crippen LogP contribution in [0.15, 0.2) is 66.0 Å². The average Bonchev–Trinajstić information content (AvgIpc) is 3.27. The van der Waals surface area contributed by atoms with Gasteiger partial charge in [0.2, 0.25) is 5.91 Å². The molecule has 31 heavy (non-hydrogen) atoms. The molecule has 2 aliphatic heterocycles. The van der Waals surface area contributed by atoms with Crippen molar-refractivity contribution in [2.75, 3.05) is 24.5 Å². The van der Waals surface area contributed by atoms with Crippen molar-refractivity contribution in [3.05, 3.63) is 82.0 Å². The number of nitrogens with two attached hydrogens (primary N) is 1. The van der Waals surface area contributed by atoms with E-state index in [0.717, 1.165) is 13.0 Å². The number of nitrogens with zero attached hydrogens (tertiary/aromatic N) is 2. The third-order valence-corrected chi connectivity index (χ3v) is 6.91. The van der Waals surface area contributed by atoms with E-state index in [1.807, 2.05) is 36.4 Å². The number of fused-ring (bicyclic) bond motifs is 2. The van der Waals surface area contributed by atoms with E-state index < -0.39 is 12.0 Å². The number of carbonyl (C=O) groups excluding carboxylic acids is 2. The Morgan fingerprint density at radius 2 is 1.84 bits per heavy atom. The van der Waals surface area contributed by atoms with E-state index in [4.69, 9.17) is 10.5 Å². The first-order chi connectivity index (χ1) is 15.1. The summed E-state index contributed by atoms with van der Waals surface area (Å²) in [6, 6.07) is 19.8. The standard InChI is InChI=1S/C24H23N3O3S/c25-24(29)20-14-27(18-8-4-5-9-19(18)30-20)22(28)15-26-12-10-21-17(11-13-31-21)23(26)16-6-2-1-3-7-16/h1-9,11,13,20,23H,10,12,14-15H2,(H2,25,29)/t20-,23-/m0/s1. The Balaban J connectivity index is 1.45. The summed E-state index contributed by atoms with van der Waals surface area (Å²) in [5.74, 6) is -0.138. The fourth-order valence-corrected chi connectivity index (χ4v) is 5.35. The van der Waals surface area contributed by atoms with Gasteiger partial charge in [-0.25, -0.2) is 0 Å². The van der Waals surface area contributed by atoms with Gasteiger partial charge in [-0.1, -0.05) is 42.5 Å². The zero-order valence-corrected chi connectivity index (χ0v) is 17.8. The molecule has 5 rings (SSSR count). The molecular formula is C24H23N3O3S. The molecule has 6 nitrogen and oxygen atoms in total. The van der Waals surface area contributed by atoms with Crippen molar-refractivity contribution in [1.29, 1.82) is 0 Å². The fraction of sp³-hybridized carbons (Fsp3) is 0.250. The highest BCUT2D eigenvalue weighted by Gasteiger charge is 2.36. The molecule has 2 N–H and O–H groups in total. The second-order valence-corrected chi connectivity index (χ2v) is 8.81. The SMILES string of the molecule is NC(=O)[C@@H]1CN(C(=O)CN2CCc3sccc3[C@@H]2c2ccccc2)c2ccccc2O1. The number of para-hydroxylation sites is 2. The zero-order valence-electron chi connectivity index (χ0n) is 16.9. The van der Waals surface area contributed by atoms with Gasteiger partial charge in [-0.3, -0.25) is 14.5 Å². The summed E-state index contributed by atoms with van der Waals surface area (Å²) in [5, 5.41) is 2.13. The van der Waals surface area contributed by atoms with Gasteiger partial charge < -0.3 is 15.4 Å². The maximum Gasteiger partial charge on any atom is 0.260 e. The first kappa shape index (κ1) is 19.8. The molecule has 0 unspecified atom stereocenters. The molecule has 158 valence electrons. The summed E-state index contributed by atoms with van der Waals surface area (Å²) in [6.07, 6.45) is 0.0707. The minimum atomic E-state index is -0.853. The fourth-order valence-electron chi connectivity index (χ4n) is 4.44. The van der Waals surface area contributed by atoms with Gasteiger partial charge in [0.15, 0.2) is 6.10 Å². The van der Waals surface area contributed by atoms with Crippen LogP contribution in [0.25, 0.3) is 0 Å². The lowest BCUT2D eigenvalue weighted by molar-refractivity contribution is -0.125. The summed E-state index contributed by atoms with van der Waals surface area (Å²) in [4.78, 5) is 30.6. The Bertz CT molecular complexity index is 1110. The van der Waals surface area contributed by atoms with Crippen molar-refractivity contribution in [3.8, 4) is 5.75 Å². The van der Waals surface area contributed by atoms with Gasteiger partial charge in [0.05, 0.1) is 24.8 Å². The van der Waals surface area contributed by atoms with E-state index in [1.165, 1.54) is 16.0 Å². The number of primary amides is 1. The van der Waals surface area contributed by atoms with Crippen molar-refractivity contribution in [2.45, 2.75) is 18.6 Å². The predicted molar refractivity (Wildman–Crippen MR) is 120 cm³/mol. The lowest BCUT2D eigenvalue weighted by Crippen LogP contribution is -2.52. The molecule has 3 heterocycles. The van der Waals surface area contributed by atoms with Crippen LogP contribution in [0.1, 0.15) is 22.0 Å². The Labute approximate surface area is 184 Å². The summed E-state index contributed by atoms with van der Waals surface area (Å²) in [7, 11) is 0. The van der Waals surface area contributed by atoms with Gasteiger partial charge >= 0.3 is 0 Å². The summed E-state index contributed by atoms with van der Waals surface area (Å²) < 4.78 is 5.71. The number of rotatable bonds is 4. The van der Waals surface area contributed by atoms with E-state index >= 15 is 0 Å². The average molecular weight is 434 g/mol. The maximum absolute atomic E-state index is 13.5. The molecule has 2 aliphatic rings. The number of hydrogen-bond donors (Lipinski definition) is 1. The maximum atomic E-state index is 13.5. The number of ether oxygens (including phenoxy) is 1. The molecule has 0 aliphatic carbocycles. The van der Waals surface area contributed by atoms with Gasteiger partial charge in [0.1, 0.15) is 5.75 Å². The molecule has 2 atom stereocenters. The molecule has 0 bridgehead atoms. The minimum absolute atomic E-state index is 0.0309. The van der Waals surface area contributed by atoms with Gasteiger partial charge in [-0.05, 0) is 41.1 Å². The van der Waals surface area contributed by atoms with E-state index in [2.05, 4.69) is 28.5 Å². The molecule has 0 radical (unpaired) electrons. The van der Waals surface area contributed by atoms with Crippen LogP contribution in [0.2, 0.25) is 0 Å². The molecule has 0 saturated heterocycles. The third-order valence-electron chi connectivity index (χ3n) is 5.91. The molecule has 7 heteroatoms. The van der Waals surface area contributed by atoms with Gasteiger partial charge in [-0.15, -0.1) is 11.3 Å². The normalized spacial score (nSPS) is 20.5. The minimum Gasteiger partial charge on any atom is -0.477 e. The largest absolute Gasteiger partial charge is 0.477 e. The summed E-state index contributed by atoms with van der Waals surface area (Å²) in [6.45, 7) is 1.16. The van der Waals surface area contributed by atoms with Crippen molar-refractivity contribution in [2.24, 2.45) is 5.73 Å². The van der Waals surface area contributed by atoms with Crippen molar-refractivity contribution >= 4 is 28.8 Å². The highest BCUT2D eigenvalue weighted by molar-refractivity contribution is 7.10. The van der Waals surface area contributed by atoms with Crippen LogP contribution in [0.3, 0.4) is 0 Å². The van der Waals surface area contributed by atoms with Crippen molar-refractivity contribution < 1.29 is 14.3 Å².